The standard InChI is InChI=1S/C16H20BrN3O/c1-9-5-6-20(8-9)16-18-14-11(3)7-10(2)13(17)12(14)15(21)19(16)4/h7,9H,5-6,8H2,1-4H3. The lowest BCUT2D eigenvalue weighted by Gasteiger charge is -2.21. The normalized spacial score (nSPS) is 18.7. The molecule has 2 heterocycles. The Balaban J connectivity index is 2.30. The topological polar surface area (TPSA) is 38.1 Å². The van der Waals surface area contributed by atoms with Crippen LogP contribution >= 0.6 is 15.9 Å². The number of rotatable bonds is 1. The second kappa shape index (κ2) is 5.13. The summed E-state index contributed by atoms with van der Waals surface area (Å²) >= 11 is 3.55. The second-order valence-electron chi connectivity index (χ2n) is 6.16. The van der Waals surface area contributed by atoms with Crippen LogP contribution < -0.4 is 10.5 Å². The maximum atomic E-state index is 12.8. The summed E-state index contributed by atoms with van der Waals surface area (Å²) in [5.41, 5.74) is 2.96. The summed E-state index contributed by atoms with van der Waals surface area (Å²) in [5, 5.41) is 0.686. The van der Waals surface area contributed by atoms with Crippen LogP contribution in [0.25, 0.3) is 10.9 Å². The third kappa shape index (κ3) is 2.27. The fourth-order valence-electron chi connectivity index (χ4n) is 3.13. The lowest BCUT2D eigenvalue weighted by atomic mass is 10.1. The molecular formula is C16H20BrN3O. The molecule has 1 aliphatic heterocycles. The van der Waals surface area contributed by atoms with Gasteiger partial charge in [-0.05, 0) is 53.2 Å². The van der Waals surface area contributed by atoms with Gasteiger partial charge in [0.25, 0.3) is 5.56 Å². The Bertz CT molecular complexity index is 781. The first-order valence-corrected chi connectivity index (χ1v) is 8.11. The van der Waals surface area contributed by atoms with Gasteiger partial charge in [0.05, 0.1) is 10.9 Å². The average molecular weight is 350 g/mol. The van der Waals surface area contributed by atoms with Crippen LogP contribution in [-0.4, -0.2) is 22.6 Å². The molecule has 4 nitrogen and oxygen atoms in total. The molecule has 1 unspecified atom stereocenters. The molecule has 1 fully saturated rings. The van der Waals surface area contributed by atoms with Gasteiger partial charge in [0.15, 0.2) is 0 Å². The molecule has 0 amide bonds. The highest BCUT2D eigenvalue weighted by Crippen LogP contribution is 2.29. The first kappa shape index (κ1) is 14.6. The Kier molecular flexibility index (Phi) is 3.56. The SMILES string of the molecule is Cc1cc(C)c2nc(N3CCC(C)C3)n(C)c(=O)c2c1Br. The molecule has 1 aromatic heterocycles. The maximum absolute atomic E-state index is 12.8. The van der Waals surface area contributed by atoms with Gasteiger partial charge in [-0.2, -0.15) is 0 Å². The van der Waals surface area contributed by atoms with Crippen molar-refractivity contribution in [2.45, 2.75) is 27.2 Å². The van der Waals surface area contributed by atoms with E-state index in [1.807, 2.05) is 20.9 Å². The van der Waals surface area contributed by atoms with Crippen LogP contribution in [0, 0.1) is 19.8 Å². The predicted molar refractivity (Wildman–Crippen MR) is 90.2 cm³/mol. The number of halogens is 1. The van der Waals surface area contributed by atoms with Gasteiger partial charge in [0, 0.05) is 24.6 Å². The Morgan fingerprint density at radius 2 is 2.05 bits per heavy atom. The number of hydrogen-bond donors (Lipinski definition) is 0. The van der Waals surface area contributed by atoms with E-state index in [4.69, 9.17) is 4.98 Å². The van der Waals surface area contributed by atoms with Gasteiger partial charge in [-0.25, -0.2) is 4.98 Å². The quantitative estimate of drug-likeness (QED) is 0.793. The first-order valence-electron chi connectivity index (χ1n) is 7.31. The van der Waals surface area contributed by atoms with E-state index in [0.29, 0.717) is 11.3 Å². The number of benzene rings is 1. The highest BCUT2D eigenvalue weighted by atomic mass is 79.9. The number of fused-ring (bicyclic) bond motifs is 1. The zero-order valence-corrected chi connectivity index (χ0v) is 14.5. The van der Waals surface area contributed by atoms with Crippen molar-refractivity contribution in [2.75, 3.05) is 18.0 Å². The Morgan fingerprint density at radius 1 is 1.33 bits per heavy atom. The van der Waals surface area contributed by atoms with Crippen LogP contribution in [0.15, 0.2) is 15.3 Å². The average Bonchev–Trinajstić information content (AvgIpc) is 2.85. The van der Waals surface area contributed by atoms with E-state index >= 15 is 0 Å². The maximum Gasteiger partial charge on any atom is 0.263 e. The van der Waals surface area contributed by atoms with Crippen LogP contribution in [0.5, 0.6) is 0 Å². The number of hydrogen-bond acceptors (Lipinski definition) is 3. The molecule has 0 radical (unpaired) electrons. The fourth-order valence-corrected chi connectivity index (χ4v) is 3.60. The highest BCUT2D eigenvalue weighted by Gasteiger charge is 2.24. The zero-order valence-electron chi connectivity index (χ0n) is 12.9. The molecule has 0 aliphatic carbocycles. The molecule has 0 saturated carbocycles. The van der Waals surface area contributed by atoms with E-state index < -0.39 is 0 Å². The van der Waals surface area contributed by atoms with Crippen molar-refractivity contribution >= 4 is 32.8 Å². The van der Waals surface area contributed by atoms with Crippen LogP contribution in [0.1, 0.15) is 24.5 Å². The predicted octanol–water partition coefficient (Wildman–Crippen LogP) is 3.16. The molecular weight excluding hydrogens is 330 g/mol. The molecule has 1 atom stereocenters. The third-order valence-electron chi connectivity index (χ3n) is 4.35. The summed E-state index contributed by atoms with van der Waals surface area (Å²) in [5.74, 6) is 1.44. The fraction of sp³-hybridized carbons (Fsp3) is 0.500. The molecule has 1 saturated heterocycles. The van der Waals surface area contributed by atoms with Crippen molar-refractivity contribution < 1.29 is 0 Å². The van der Waals surface area contributed by atoms with Crippen LogP contribution in [0.2, 0.25) is 0 Å². The summed E-state index contributed by atoms with van der Waals surface area (Å²) in [6.45, 7) is 8.21. The molecule has 0 bridgehead atoms. The van der Waals surface area contributed by atoms with Gasteiger partial charge in [-0.1, -0.05) is 13.0 Å². The van der Waals surface area contributed by atoms with E-state index in [1.54, 1.807) is 4.57 Å². The number of anilines is 1. The lowest BCUT2D eigenvalue weighted by molar-refractivity contribution is 0.655. The Hall–Kier alpha value is -1.36. The Labute approximate surface area is 132 Å². The molecule has 0 spiro atoms. The van der Waals surface area contributed by atoms with E-state index in [1.165, 1.54) is 0 Å². The van der Waals surface area contributed by atoms with Gasteiger partial charge in [0.1, 0.15) is 0 Å². The molecule has 0 N–H and O–H groups in total. The minimum absolute atomic E-state index is 0.0215. The van der Waals surface area contributed by atoms with Gasteiger partial charge in [0.2, 0.25) is 5.95 Å². The number of aryl methyl sites for hydroxylation is 2. The van der Waals surface area contributed by atoms with Gasteiger partial charge in [-0.3, -0.25) is 9.36 Å². The van der Waals surface area contributed by atoms with Crippen LogP contribution in [0.3, 0.4) is 0 Å². The third-order valence-corrected chi connectivity index (χ3v) is 5.37. The lowest BCUT2D eigenvalue weighted by Crippen LogP contribution is -2.30. The largest absolute Gasteiger partial charge is 0.342 e. The van der Waals surface area contributed by atoms with E-state index in [0.717, 1.165) is 46.6 Å². The molecule has 2 aromatic rings. The van der Waals surface area contributed by atoms with Gasteiger partial charge < -0.3 is 4.90 Å². The minimum Gasteiger partial charge on any atom is -0.342 e. The summed E-state index contributed by atoms with van der Waals surface area (Å²) in [4.78, 5) is 19.8. The second-order valence-corrected chi connectivity index (χ2v) is 6.96. The smallest absolute Gasteiger partial charge is 0.263 e. The van der Waals surface area contributed by atoms with Crippen molar-refractivity contribution in [1.29, 1.82) is 0 Å². The number of aromatic nitrogens is 2. The van der Waals surface area contributed by atoms with Gasteiger partial charge in [-0.15, -0.1) is 0 Å². The number of nitrogens with zero attached hydrogens (tertiary/aromatic N) is 3. The van der Waals surface area contributed by atoms with Crippen molar-refractivity contribution in [3.05, 3.63) is 32.0 Å². The Morgan fingerprint density at radius 3 is 2.67 bits per heavy atom. The van der Waals surface area contributed by atoms with Crippen LogP contribution in [-0.2, 0) is 7.05 Å². The summed E-state index contributed by atoms with van der Waals surface area (Å²) in [6.07, 6.45) is 1.16. The van der Waals surface area contributed by atoms with E-state index in [-0.39, 0.29) is 5.56 Å². The van der Waals surface area contributed by atoms with Crippen molar-refractivity contribution in [3.63, 3.8) is 0 Å². The highest BCUT2D eigenvalue weighted by molar-refractivity contribution is 9.10. The summed E-state index contributed by atoms with van der Waals surface area (Å²) < 4.78 is 2.54. The summed E-state index contributed by atoms with van der Waals surface area (Å²) in [7, 11) is 1.82. The van der Waals surface area contributed by atoms with Crippen LogP contribution in [0.4, 0.5) is 5.95 Å². The zero-order chi connectivity index (χ0) is 15.3. The van der Waals surface area contributed by atoms with Crippen molar-refractivity contribution in [1.82, 2.24) is 9.55 Å². The minimum atomic E-state index is 0.0215. The molecule has 1 aliphatic rings. The van der Waals surface area contributed by atoms with Crippen molar-refractivity contribution in [2.24, 2.45) is 13.0 Å². The molecule has 1 aromatic carbocycles. The molecule has 3 rings (SSSR count). The monoisotopic (exact) mass is 349 g/mol. The van der Waals surface area contributed by atoms with Gasteiger partial charge >= 0.3 is 0 Å². The van der Waals surface area contributed by atoms with E-state index in [9.17, 15) is 4.79 Å². The van der Waals surface area contributed by atoms with E-state index in [2.05, 4.69) is 33.8 Å². The van der Waals surface area contributed by atoms with Crippen molar-refractivity contribution in [3.8, 4) is 0 Å². The molecule has 21 heavy (non-hydrogen) atoms. The molecule has 5 heteroatoms. The molecule has 112 valence electrons. The summed E-state index contributed by atoms with van der Waals surface area (Å²) in [6, 6.07) is 2.08. The first-order chi connectivity index (χ1) is 9.90.